The molecule has 17 heavy (non-hydrogen) atoms. The summed E-state index contributed by atoms with van der Waals surface area (Å²) in [6, 6.07) is 5.27. The smallest absolute Gasteiger partial charge is 0.147 e. The second-order valence-electron chi connectivity index (χ2n) is 5.03. The van der Waals surface area contributed by atoms with Crippen LogP contribution in [0.2, 0.25) is 0 Å². The SMILES string of the molecule is CNC(C)(C)c1c(C)n(C)c2c(F)cccc12. The van der Waals surface area contributed by atoms with Gasteiger partial charge in [-0.15, -0.1) is 0 Å². The van der Waals surface area contributed by atoms with Gasteiger partial charge in [0.2, 0.25) is 0 Å². The number of fused-ring (bicyclic) bond motifs is 1. The lowest BCUT2D eigenvalue weighted by molar-refractivity contribution is 0.444. The van der Waals surface area contributed by atoms with Gasteiger partial charge in [0.05, 0.1) is 5.52 Å². The highest BCUT2D eigenvalue weighted by atomic mass is 19.1. The minimum atomic E-state index is -0.169. The van der Waals surface area contributed by atoms with Crippen LogP contribution in [-0.2, 0) is 12.6 Å². The summed E-state index contributed by atoms with van der Waals surface area (Å²) in [6.45, 7) is 6.26. The Bertz CT molecular complexity index is 567. The van der Waals surface area contributed by atoms with Gasteiger partial charge in [-0.2, -0.15) is 0 Å². The monoisotopic (exact) mass is 234 g/mol. The molecule has 0 aliphatic rings. The van der Waals surface area contributed by atoms with Gasteiger partial charge >= 0.3 is 0 Å². The predicted molar refractivity (Wildman–Crippen MR) is 69.7 cm³/mol. The van der Waals surface area contributed by atoms with E-state index in [-0.39, 0.29) is 11.4 Å². The number of nitrogens with one attached hydrogen (secondary N) is 1. The molecule has 0 atom stereocenters. The Balaban J connectivity index is 2.90. The van der Waals surface area contributed by atoms with Crippen LogP contribution in [0.1, 0.15) is 25.1 Å². The fraction of sp³-hybridized carbons (Fsp3) is 0.429. The Morgan fingerprint density at radius 2 is 1.94 bits per heavy atom. The van der Waals surface area contributed by atoms with Crippen LogP contribution in [0.25, 0.3) is 10.9 Å². The molecule has 1 aromatic carbocycles. The topological polar surface area (TPSA) is 17.0 Å². The van der Waals surface area contributed by atoms with E-state index in [0.29, 0.717) is 5.52 Å². The van der Waals surface area contributed by atoms with Crippen molar-refractivity contribution in [1.82, 2.24) is 9.88 Å². The molecule has 2 aromatic rings. The molecule has 0 aliphatic heterocycles. The van der Waals surface area contributed by atoms with E-state index < -0.39 is 0 Å². The average molecular weight is 234 g/mol. The van der Waals surface area contributed by atoms with Gasteiger partial charge in [-0.25, -0.2) is 4.39 Å². The summed E-state index contributed by atoms with van der Waals surface area (Å²) in [5.74, 6) is -0.161. The van der Waals surface area contributed by atoms with Crippen LogP contribution in [0.4, 0.5) is 4.39 Å². The van der Waals surface area contributed by atoms with Crippen LogP contribution < -0.4 is 5.32 Å². The molecular weight excluding hydrogens is 215 g/mol. The van der Waals surface area contributed by atoms with Crippen LogP contribution in [-0.4, -0.2) is 11.6 Å². The van der Waals surface area contributed by atoms with E-state index in [2.05, 4.69) is 19.2 Å². The summed E-state index contributed by atoms with van der Waals surface area (Å²) in [5, 5.41) is 4.28. The minimum absolute atomic E-state index is 0.161. The molecule has 0 fully saturated rings. The van der Waals surface area contributed by atoms with Crippen molar-refractivity contribution in [3.05, 3.63) is 35.3 Å². The zero-order valence-electron chi connectivity index (χ0n) is 11.1. The Labute approximate surface area is 101 Å². The summed E-state index contributed by atoms with van der Waals surface area (Å²) in [5.41, 5.74) is 2.78. The number of hydrogen-bond donors (Lipinski definition) is 1. The largest absolute Gasteiger partial charge is 0.345 e. The molecule has 0 bridgehead atoms. The van der Waals surface area contributed by atoms with Crippen molar-refractivity contribution in [3.63, 3.8) is 0 Å². The summed E-state index contributed by atoms with van der Waals surface area (Å²) >= 11 is 0. The van der Waals surface area contributed by atoms with E-state index in [4.69, 9.17) is 0 Å². The number of para-hydroxylation sites is 1. The first-order chi connectivity index (χ1) is 7.90. The molecule has 0 aliphatic carbocycles. The van der Waals surface area contributed by atoms with Gasteiger partial charge in [-0.1, -0.05) is 12.1 Å². The zero-order chi connectivity index (χ0) is 12.8. The van der Waals surface area contributed by atoms with Gasteiger partial charge in [-0.05, 0) is 33.9 Å². The minimum Gasteiger partial charge on any atom is -0.345 e. The first-order valence-electron chi connectivity index (χ1n) is 5.83. The molecule has 1 heterocycles. The quantitative estimate of drug-likeness (QED) is 0.845. The molecule has 0 amide bonds. The third kappa shape index (κ3) is 1.65. The summed E-state index contributed by atoms with van der Waals surface area (Å²) in [6.07, 6.45) is 0. The number of nitrogens with zero attached hydrogens (tertiary/aromatic N) is 1. The first kappa shape index (κ1) is 12.1. The second-order valence-corrected chi connectivity index (χ2v) is 5.03. The zero-order valence-corrected chi connectivity index (χ0v) is 11.1. The molecule has 0 saturated heterocycles. The Hall–Kier alpha value is -1.35. The van der Waals surface area contributed by atoms with Crippen LogP contribution in [0.3, 0.4) is 0 Å². The van der Waals surface area contributed by atoms with Crippen molar-refractivity contribution < 1.29 is 4.39 Å². The number of aromatic nitrogens is 1. The molecule has 0 spiro atoms. The van der Waals surface area contributed by atoms with E-state index in [0.717, 1.165) is 16.6 Å². The molecule has 1 aromatic heterocycles. The maximum absolute atomic E-state index is 13.9. The number of hydrogen-bond acceptors (Lipinski definition) is 1. The molecule has 2 nitrogen and oxygen atoms in total. The van der Waals surface area contributed by atoms with Crippen molar-refractivity contribution in [2.75, 3.05) is 7.05 Å². The van der Waals surface area contributed by atoms with E-state index in [1.54, 1.807) is 6.07 Å². The Morgan fingerprint density at radius 1 is 1.29 bits per heavy atom. The number of rotatable bonds is 2. The molecule has 0 radical (unpaired) electrons. The van der Waals surface area contributed by atoms with Gasteiger partial charge in [0, 0.05) is 29.2 Å². The highest BCUT2D eigenvalue weighted by Gasteiger charge is 2.26. The van der Waals surface area contributed by atoms with Crippen LogP contribution in [0, 0.1) is 12.7 Å². The van der Waals surface area contributed by atoms with Gasteiger partial charge in [0.25, 0.3) is 0 Å². The van der Waals surface area contributed by atoms with Gasteiger partial charge in [0.1, 0.15) is 5.82 Å². The van der Waals surface area contributed by atoms with Crippen LogP contribution in [0.5, 0.6) is 0 Å². The summed E-state index contributed by atoms with van der Waals surface area (Å²) < 4.78 is 15.8. The molecule has 2 rings (SSSR count). The average Bonchev–Trinajstić information content (AvgIpc) is 2.53. The van der Waals surface area contributed by atoms with Crippen molar-refractivity contribution in [3.8, 4) is 0 Å². The van der Waals surface area contributed by atoms with Gasteiger partial charge in [0.15, 0.2) is 0 Å². The molecule has 92 valence electrons. The van der Waals surface area contributed by atoms with Crippen molar-refractivity contribution in [2.45, 2.75) is 26.3 Å². The van der Waals surface area contributed by atoms with Crippen molar-refractivity contribution in [1.29, 1.82) is 0 Å². The fourth-order valence-corrected chi connectivity index (χ4v) is 2.50. The second kappa shape index (κ2) is 3.84. The summed E-state index contributed by atoms with van der Waals surface area (Å²) in [7, 11) is 3.84. The van der Waals surface area contributed by atoms with E-state index in [1.165, 1.54) is 6.07 Å². The van der Waals surface area contributed by atoms with E-state index in [9.17, 15) is 4.39 Å². The van der Waals surface area contributed by atoms with Gasteiger partial charge < -0.3 is 9.88 Å². The van der Waals surface area contributed by atoms with Crippen LogP contribution in [0.15, 0.2) is 18.2 Å². The summed E-state index contributed by atoms with van der Waals surface area (Å²) in [4.78, 5) is 0. The number of aryl methyl sites for hydroxylation is 1. The fourth-order valence-electron chi connectivity index (χ4n) is 2.50. The Kier molecular flexibility index (Phi) is 2.74. The van der Waals surface area contributed by atoms with Crippen molar-refractivity contribution >= 4 is 10.9 Å². The molecule has 0 saturated carbocycles. The maximum Gasteiger partial charge on any atom is 0.147 e. The number of halogens is 1. The van der Waals surface area contributed by atoms with E-state index >= 15 is 0 Å². The Morgan fingerprint density at radius 3 is 2.53 bits per heavy atom. The third-order valence-corrected chi connectivity index (χ3v) is 3.71. The maximum atomic E-state index is 13.9. The lowest BCUT2D eigenvalue weighted by atomic mass is 9.92. The van der Waals surface area contributed by atoms with Gasteiger partial charge in [-0.3, -0.25) is 0 Å². The third-order valence-electron chi connectivity index (χ3n) is 3.71. The highest BCUT2D eigenvalue weighted by molar-refractivity contribution is 5.87. The van der Waals surface area contributed by atoms with E-state index in [1.807, 2.05) is 31.7 Å². The van der Waals surface area contributed by atoms with Crippen LogP contribution >= 0.6 is 0 Å². The lowest BCUT2D eigenvalue weighted by Crippen LogP contribution is -2.33. The lowest BCUT2D eigenvalue weighted by Gasteiger charge is -2.25. The normalized spacial score (nSPS) is 12.4. The standard InChI is InChI=1S/C14H19FN2/c1-9-12(14(2,3)16-4)10-7-6-8-11(15)13(10)17(9)5/h6-8,16H,1-5H3. The molecule has 0 unspecified atom stereocenters. The molecule has 1 N–H and O–H groups in total. The number of benzene rings is 1. The predicted octanol–water partition coefficient (Wildman–Crippen LogP) is 3.08. The highest BCUT2D eigenvalue weighted by Crippen LogP contribution is 2.34. The first-order valence-corrected chi connectivity index (χ1v) is 5.83. The molecule has 3 heteroatoms. The molecular formula is C14H19FN2. The van der Waals surface area contributed by atoms with Crippen molar-refractivity contribution in [2.24, 2.45) is 7.05 Å².